The Morgan fingerprint density at radius 3 is 1.73 bits per heavy atom. The lowest BCUT2D eigenvalue weighted by molar-refractivity contribution is 0.0479. The number of ether oxygens (including phenoxy) is 5. The number of amides is 3. The van der Waals surface area contributed by atoms with E-state index in [1.165, 1.54) is 14.2 Å². The molecule has 0 aliphatic heterocycles. The second-order valence-corrected chi connectivity index (χ2v) is 19.5. The lowest BCUT2D eigenvalue weighted by Crippen LogP contribution is -2.43. The smallest absolute Gasteiger partial charge is 0.412 e. The van der Waals surface area contributed by atoms with Gasteiger partial charge in [0, 0.05) is 41.6 Å². The van der Waals surface area contributed by atoms with Crippen LogP contribution >= 0.6 is 0 Å². The van der Waals surface area contributed by atoms with Crippen molar-refractivity contribution in [2.75, 3.05) is 66.3 Å². The van der Waals surface area contributed by atoms with Gasteiger partial charge in [-0.3, -0.25) is 10.6 Å². The highest BCUT2D eigenvalue weighted by atomic mass is 16.6. The topological polar surface area (TPSA) is 192 Å². The van der Waals surface area contributed by atoms with Crippen LogP contribution in [0.3, 0.4) is 0 Å². The van der Waals surface area contributed by atoms with Gasteiger partial charge in [0.2, 0.25) is 0 Å². The van der Waals surface area contributed by atoms with Crippen molar-refractivity contribution in [2.24, 2.45) is 17.6 Å². The Labute approximate surface area is 398 Å². The summed E-state index contributed by atoms with van der Waals surface area (Å²) in [6, 6.07) is 19.4. The summed E-state index contributed by atoms with van der Waals surface area (Å²) in [6.45, 7) is 20.1. The third-order valence-electron chi connectivity index (χ3n) is 9.65. The Bertz CT molecular complexity index is 2220. The van der Waals surface area contributed by atoms with Crippen molar-refractivity contribution in [3.63, 3.8) is 0 Å². The van der Waals surface area contributed by atoms with Crippen molar-refractivity contribution >= 4 is 29.9 Å². The first-order chi connectivity index (χ1) is 31.3. The zero-order chi connectivity index (χ0) is 50.1. The zero-order valence-corrected chi connectivity index (χ0v) is 42.5. The van der Waals surface area contributed by atoms with Crippen LogP contribution in [0.2, 0.25) is 0 Å². The maximum Gasteiger partial charge on any atom is 0.412 e. The van der Waals surface area contributed by atoms with Gasteiger partial charge in [0.1, 0.15) is 41.9 Å². The minimum Gasteiger partial charge on any atom is -0.491 e. The van der Waals surface area contributed by atoms with E-state index in [9.17, 15) is 14.4 Å². The van der Waals surface area contributed by atoms with Crippen LogP contribution in [0.5, 0.6) is 11.5 Å². The second-order valence-electron chi connectivity index (χ2n) is 19.5. The summed E-state index contributed by atoms with van der Waals surface area (Å²) < 4.78 is 27.2. The molecule has 0 unspecified atom stereocenters. The first kappa shape index (κ1) is 55.4. The number of alkyl carbamates (subject to hydrolysis) is 1. The number of pyridine rings is 2. The van der Waals surface area contributed by atoms with Crippen molar-refractivity contribution in [2.45, 2.75) is 105 Å². The third-order valence-corrected chi connectivity index (χ3v) is 9.65. The predicted molar refractivity (Wildman–Crippen MR) is 267 cm³/mol. The number of hydrogen-bond donors (Lipinski definition) is 4. The molecule has 2 aromatic heterocycles. The average molecular weight is 929 g/mol. The maximum atomic E-state index is 12.4. The summed E-state index contributed by atoms with van der Waals surface area (Å²) in [6.07, 6.45) is 1.71. The van der Waals surface area contributed by atoms with E-state index < -0.39 is 23.9 Å². The number of aryl methyl sites for hydroxylation is 1. The lowest BCUT2D eigenvalue weighted by Gasteiger charge is -2.27. The SMILES string of the molecule is COC(=O)Nc1cc(-c2ccc(OC[C@@H](CC(C)C)NC(=O)OC(C)(C)C)c(CN(C)C)c2)ccn1.COC(=O)Nc1cc(-c2ccc(OC[C@@](C)(N)CC(C)C)c(CN(C)C)c2)cc(C)n1. The molecule has 0 saturated carbocycles. The van der Waals surface area contributed by atoms with Gasteiger partial charge in [-0.15, -0.1) is 0 Å². The normalized spacial score (nSPS) is 12.7. The molecule has 0 saturated heterocycles. The quantitative estimate of drug-likeness (QED) is 0.0651. The lowest BCUT2D eigenvalue weighted by atomic mass is 9.93. The van der Waals surface area contributed by atoms with Gasteiger partial charge in [-0.2, -0.15) is 0 Å². The molecule has 16 nitrogen and oxygen atoms in total. The summed E-state index contributed by atoms with van der Waals surface area (Å²) in [7, 11) is 10.7. The molecule has 4 rings (SSSR count). The summed E-state index contributed by atoms with van der Waals surface area (Å²) in [5, 5.41) is 8.17. The first-order valence-corrected chi connectivity index (χ1v) is 22.6. The minimum absolute atomic E-state index is 0.195. The van der Waals surface area contributed by atoms with Gasteiger partial charge in [0.15, 0.2) is 0 Å². The van der Waals surface area contributed by atoms with Crippen LogP contribution in [-0.2, 0) is 27.3 Å². The van der Waals surface area contributed by atoms with Crippen LogP contribution < -0.4 is 31.2 Å². The van der Waals surface area contributed by atoms with Crippen molar-refractivity contribution in [1.29, 1.82) is 0 Å². The Kier molecular flexibility index (Phi) is 21.3. The van der Waals surface area contributed by atoms with E-state index in [0.717, 1.165) is 70.0 Å². The number of aromatic nitrogens is 2. The zero-order valence-electron chi connectivity index (χ0n) is 42.5. The average Bonchev–Trinajstić information content (AvgIpc) is 3.21. The van der Waals surface area contributed by atoms with Gasteiger partial charge in [0.05, 0.1) is 20.3 Å². The first-order valence-electron chi connectivity index (χ1n) is 22.6. The largest absolute Gasteiger partial charge is 0.491 e. The number of hydrogen-bond acceptors (Lipinski definition) is 13. The molecule has 2 heterocycles. The number of carbonyl (C=O) groups is 3. The summed E-state index contributed by atoms with van der Waals surface area (Å²) >= 11 is 0. The molecule has 368 valence electrons. The summed E-state index contributed by atoms with van der Waals surface area (Å²) in [5.74, 6) is 3.30. The van der Waals surface area contributed by atoms with E-state index >= 15 is 0 Å². The molecule has 4 aromatic rings. The Morgan fingerprint density at radius 1 is 0.687 bits per heavy atom. The number of benzene rings is 2. The van der Waals surface area contributed by atoms with Crippen LogP contribution in [0.15, 0.2) is 66.9 Å². The van der Waals surface area contributed by atoms with Crippen LogP contribution in [0.4, 0.5) is 26.0 Å². The van der Waals surface area contributed by atoms with E-state index in [-0.39, 0.29) is 11.6 Å². The fourth-order valence-corrected chi connectivity index (χ4v) is 7.25. The van der Waals surface area contributed by atoms with E-state index in [4.69, 9.17) is 19.9 Å². The number of carbonyl (C=O) groups excluding carboxylic acids is 3. The molecule has 0 radical (unpaired) electrons. The van der Waals surface area contributed by atoms with Crippen molar-refractivity contribution in [3.05, 3.63) is 83.7 Å². The van der Waals surface area contributed by atoms with Crippen LogP contribution in [-0.4, -0.2) is 111 Å². The van der Waals surface area contributed by atoms with Crippen LogP contribution in [0.1, 0.15) is 85.1 Å². The Balaban J connectivity index is 0.000000359. The molecular weight excluding hydrogens is 853 g/mol. The molecule has 67 heavy (non-hydrogen) atoms. The fourth-order valence-electron chi connectivity index (χ4n) is 7.25. The Hall–Kier alpha value is -5.97. The highest BCUT2D eigenvalue weighted by molar-refractivity contribution is 5.85. The molecule has 0 bridgehead atoms. The van der Waals surface area contributed by atoms with Crippen LogP contribution in [0, 0.1) is 18.8 Å². The van der Waals surface area contributed by atoms with E-state index in [2.05, 4.69) is 85.0 Å². The molecule has 0 fully saturated rings. The maximum absolute atomic E-state index is 12.4. The minimum atomic E-state index is -0.576. The van der Waals surface area contributed by atoms with E-state index in [1.54, 1.807) is 12.3 Å². The fraction of sp³-hybridized carbons (Fsp3) is 0.510. The molecule has 3 amide bonds. The number of methoxy groups -OCH3 is 2. The molecule has 2 atom stereocenters. The van der Waals surface area contributed by atoms with Crippen molar-refractivity contribution in [3.8, 4) is 33.8 Å². The van der Waals surface area contributed by atoms with Gasteiger partial charge >= 0.3 is 18.3 Å². The Morgan fingerprint density at radius 2 is 1.21 bits per heavy atom. The predicted octanol–water partition coefficient (Wildman–Crippen LogP) is 9.75. The summed E-state index contributed by atoms with van der Waals surface area (Å²) in [5.41, 5.74) is 12.2. The molecule has 16 heteroatoms. The molecule has 0 aliphatic carbocycles. The van der Waals surface area contributed by atoms with Gasteiger partial charge in [0.25, 0.3) is 0 Å². The van der Waals surface area contributed by atoms with Gasteiger partial charge in [-0.05, 0) is 158 Å². The third kappa shape index (κ3) is 20.6. The highest BCUT2D eigenvalue weighted by Crippen LogP contribution is 2.31. The van der Waals surface area contributed by atoms with E-state index in [0.29, 0.717) is 43.2 Å². The number of nitrogens with zero attached hydrogens (tertiary/aromatic N) is 4. The number of rotatable bonds is 19. The second kappa shape index (κ2) is 25.8. The molecular formula is C51H76N8O8. The summed E-state index contributed by atoms with van der Waals surface area (Å²) in [4.78, 5) is 48.2. The molecule has 2 aromatic carbocycles. The number of nitrogens with one attached hydrogen (secondary N) is 3. The van der Waals surface area contributed by atoms with E-state index in [1.807, 2.05) is 105 Å². The molecule has 5 N–H and O–H groups in total. The van der Waals surface area contributed by atoms with Gasteiger partial charge in [-0.25, -0.2) is 24.4 Å². The standard InChI is InChI=1S/C27H40N4O5.C24H36N4O3/c1-18(2)13-22(29-26(33)36-27(3,4)5)17-35-23-10-9-19(14-21(23)16-31(6)7)20-11-12-28-24(15-20)30-25(32)34-8;1-16(2)13-24(4,25)15-31-21-9-8-18(11-20(21)14-28(5)6)19-10-17(3)26-22(12-19)27-23(29)30-7/h9-12,14-15,18,22H,13,16-17H2,1-8H3,(H,29,33)(H,28,30,32);8-12,16H,13-15,25H2,1-7H3,(H,26,27,29)/t22-;24-/m10/s1. The number of anilines is 2. The van der Waals surface area contributed by atoms with Crippen molar-refractivity contribution < 1.29 is 38.1 Å². The monoisotopic (exact) mass is 929 g/mol. The molecule has 0 aliphatic rings. The van der Waals surface area contributed by atoms with Gasteiger partial charge < -0.3 is 44.5 Å². The van der Waals surface area contributed by atoms with Crippen LogP contribution in [0.25, 0.3) is 22.3 Å². The van der Waals surface area contributed by atoms with Crippen molar-refractivity contribution in [1.82, 2.24) is 25.1 Å². The van der Waals surface area contributed by atoms with Gasteiger partial charge in [-0.1, -0.05) is 39.8 Å². The number of nitrogens with two attached hydrogens (primary N) is 1. The molecule has 0 spiro atoms. The highest BCUT2D eigenvalue weighted by Gasteiger charge is 2.23.